The second-order valence-electron chi connectivity index (χ2n) is 5.98. The van der Waals surface area contributed by atoms with Gasteiger partial charge in [0, 0.05) is 32.2 Å². The first-order valence-electron chi connectivity index (χ1n) is 7.53. The number of hydrogen-bond acceptors (Lipinski definition) is 3. The fourth-order valence-corrected chi connectivity index (χ4v) is 3.28. The zero-order valence-corrected chi connectivity index (χ0v) is 11.9. The van der Waals surface area contributed by atoms with Crippen LogP contribution >= 0.6 is 0 Å². The Morgan fingerprint density at radius 2 is 2.11 bits per heavy atom. The molecule has 2 unspecified atom stereocenters. The number of piperazine rings is 1. The fourth-order valence-electron chi connectivity index (χ4n) is 3.28. The van der Waals surface area contributed by atoms with Gasteiger partial charge in [-0.2, -0.15) is 0 Å². The third-order valence-electron chi connectivity index (χ3n) is 4.60. The number of nitrogens with zero attached hydrogens (tertiary/aromatic N) is 1. The summed E-state index contributed by atoms with van der Waals surface area (Å²) in [5.74, 6) is 0.724. The van der Waals surface area contributed by atoms with Gasteiger partial charge in [-0.05, 0) is 43.5 Å². The molecule has 2 heterocycles. The average molecular weight is 259 g/mol. The van der Waals surface area contributed by atoms with E-state index in [1.165, 1.54) is 24.1 Å². The summed E-state index contributed by atoms with van der Waals surface area (Å²) in [6.07, 6.45) is 2.45. The van der Waals surface area contributed by atoms with Crippen LogP contribution in [0, 0.1) is 0 Å². The molecule has 0 radical (unpaired) electrons. The SMILES string of the molecule is CN1CCNCC1Cc1cccc(C2CCNC2)c1. The van der Waals surface area contributed by atoms with Crippen LogP contribution < -0.4 is 10.6 Å². The maximum atomic E-state index is 3.50. The lowest BCUT2D eigenvalue weighted by Gasteiger charge is -2.33. The molecule has 0 bridgehead atoms. The van der Waals surface area contributed by atoms with Crippen LogP contribution in [0.2, 0.25) is 0 Å². The molecule has 3 nitrogen and oxygen atoms in total. The second-order valence-corrected chi connectivity index (χ2v) is 5.98. The summed E-state index contributed by atoms with van der Waals surface area (Å²) in [6.45, 7) is 5.72. The van der Waals surface area contributed by atoms with Gasteiger partial charge in [0.2, 0.25) is 0 Å². The third-order valence-corrected chi connectivity index (χ3v) is 4.60. The lowest BCUT2D eigenvalue weighted by Crippen LogP contribution is -2.50. The quantitative estimate of drug-likeness (QED) is 0.854. The first kappa shape index (κ1) is 13.1. The Morgan fingerprint density at radius 1 is 1.21 bits per heavy atom. The fraction of sp³-hybridized carbons (Fsp3) is 0.625. The number of nitrogens with one attached hydrogen (secondary N) is 2. The molecule has 1 aromatic carbocycles. The van der Waals surface area contributed by atoms with Crippen molar-refractivity contribution in [3.05, 3.63) is 35.4 Å². The van der Waals surface area contributed by atoms with Gasteiger partial charge in [0.15, 0.2) is 0 Å². The first-order chi connectivity index (χ1) is 9.33. The predicted octanol–water partition coefficient (Wildman–Crippen LogP) is 1.21. The molecular weight excluding hydrogens is 234 g/mol. The van der Waals surface area contributed by atoms with Crippen LogP contribution in [0.15, 0.2) is 24.3 Å². The average Bonchev–Trinajstić information content (AvgIpc) is 2.96. The molecule has 3 rings (SSSR count). The van der Waals surface area contributed by atoms with Crippen LogP contribution in [0.1, 0.15) is 23.5 Å². The maximum Gasteiger partial charge on any atom is 0.0258 e. The van der Waals surface area contributed by atoms with Crippen molar-refractivity contribution in [3.63, 3.8) is 0 Å². The molecule has 0 aliphatic carbocycles. The molecule has 2 saturated heterocycles. The minimum absolute atomic E-state index is 0.644. The highest BCUT2D eigenvalue weighted by Crippen LogP contribution is 2.23. The normalized spacial score (nSPS) is 28.7. The van der Waals surface area contributed by atoms with E-state index in [4.69, 9.17) is 0 Å². The van der Waals surface area contributed by atoms with E-state index >= 15 is 0 Å². The Kier molecular flexibility index (Phi) is 4.16. The Labute approximate surface area is 116 Å². The second kappa shape index (κ2) is 6.04. The van der Waals surface area contributed by atoms with Gasteiger partial charge in [-0.15, -0.1) is 0 Å². The molecule has 2 atom stereocenters. The molecule has 19 heavy (non-hydrogen) atoms. The predicted molar refractivity (Wildman–Crippen MR) is 79.7 cm³/mol. The van der Waals surface area contributed by atoms with Gasteiger partial charge in [-0.1, -0.05) is 24.3 Å². The monoisotopic (exact) mass is 259 g/mol. The molecule has 2 fully saturated rings. The Balaban J connectivity index is 1.68. The molecular formula is C16H25N3. The summed E-state index contributed by atoms with van der Waals surface area (Å²) in [6, 6.07) is 9.89. The topological polar surface area (TPSA) is 27.3 Å². The highest BCUT2D eigenvalue weighted by Gasteiger charge is 2.20. The molecule has 104 valence electrons. The highest BCUT2D eigenvalue weighted by molar-refractivity contribution is 5.28. The molecule has 0 saturated carbocycles. The lowest BCUT2D eigenvalue weighted by molar-refractivity contribution is 0.199. The van der Waals surface area contributed by atoms with Crippen molar-refractivity contribution >= 4 is 0 Å². The highest BCUT2D eigenvalue weighted by atomic mass is 15.2. The molecule has 0 spiro atoms. The molecule has 2 N–H and O–H groups in total. The van der Waals surface area contributed by atoms with E-state index in [2.05, 4.69) is 46.8 Å². The van der Waals surface area contributed by atoms with Crippen LogP contribution in [0.5, 0.6) is 0 Å². The first-order valence-corrected chi connectivity index (χ1v) is 7.53. The van der Waals surface area contributed by atoms with Crippen LogP contribution in [0.3, 0.4) is 0 Å². The van der Waals surface area contributed by atoms with Crippen molar-refractivity contribution in [2.24, 2.45) is 0 Å². The standard InChI is InChI=1S/C16H25N3/c1-19-8-7-18-12-16(19)10-13-3-2-4-14(9-13)15-5-6-17-11-15/h2-4,9,15-18H,5-8,10-12H2,1H3. The summed E-state index contributed by atoms with van der Waals surface area (Å²) < 4.78 is 0. The van der Waals surface area contributed by atoms with E-state index < -0.39 is 0 Å². The zero-order chi connectivity index (χ0) is 13.1. The minimum Gasteiger partial charge on any atom is -0.316 e. The molecule has 2 aliphatic rings. The van der Waals surface area contributed by atoms with E-state index in [9.17, 15) is 0 Å². The van der Waals surface area contributed by atoms with Gasteiger partial charge in [0.1, 0.15) is 0 Å². The molecule has 3 heteroatoms. The Hall–Kier alpha value is -0.900. The van der Waals surface area contributed by atoms with Gasteiger partial charge < -0.3 is 15.5 Å². The van der Waals surface area contributed by atoms with Crippen LogP contribution in [0.25, 0.3) is 0 Å². The molecule has 0 aromatic heterocycles. The van der Waals surface area contributed by atoms with Crippen LogP contribution in [0.4, 0.5) is 0 Å². The van der Waals surface area contributed by atoms with Crippen molar-refractivity contribution in [2.75, 3.05) is 39.8 Å². The van der Waals surface area contributed by atoms with Crippen molar-refractivity contribution in [2.45, 2.75) is 24.8 Å². The van der Waals surface area contributed by atoms with Gasteiger partial charge in [0.25, 0.3) is 0 Å². The van der Waals surface area contributed by atoms with E-state index in [1.807, 2.05) is 0 Å². The number of hydrogen-bond donors (Lipinski definition) is 2. The maximum absolute atomic E-state index is 3.50. The van der Waals surface area contributed by atoms with Crippen LogP contribution in [-0.4, -0.2) is 50.7 Å². The Bertz CT molecular complexity index is 412. The summed E-state index contributed by atoms with van der Waals surface area (Å²) in [5.41, 5.74) is 3.01. The summed E-state index contributed by atoms with van der Waals surface area (Å²) >= 11 is 0. The summed E-state index contributed by atoms with van der Waals surface area (Å²) in [5, 5.41) is 6.96. The van der Waals surface area contributed by atoms with Crippen molar-refractivity contribution in [3.8, 4) is 0 Å². The van der Waals surface area contributed by atoms with Crippen molar-refractivity contribution in [1.82, 2.24) is 15.5 Å². The van der Waals surface area contributed by atoms with Crippen molar-refractivity contribution < 1.29 is 0 Å². The van der Waals surface area contributed by atoms with Gasteiger partial charge in [-0.25, -0.2) is 0 Å². The largest absolute Gasteiger partial charge is 0.316 e. The van der Waals surface area contributed by atoms with Gasteiger partial charge in [0.05, 0.1) is 0 Å². The summed E-state index contributed by atoms with van der Waals surface area (Å²) in [7, 11) is 2.25. The zero-order valence-electron chi connectivity index (χ0n) is 11.9. The minimum atomic E-state index is 0.644. The third kappa shape index (κ3) is 3.16. The Morgan fingerprint density at radius 3 is 2.89 bits per heavy atom. The molecule has 0 amide bonds. The number of benzene rings is 1. The number of likely N-dealkylation sites (N-methyl/N-ethyl adjacent to an activating group) is 1. The summed E-state index contributed by atoms with van der Waals surface area (Å²) in [4.78, 5) is 2.49. The van der Waals surface area contributed by atoms with E-state index in [0.29, 0.717) is 6.04 Å². The van der Waals surface area contributed by atoms with Gasteiger partial charge >= 0.3 is 0 Å². The van der Waals surface area contributed by atoms with E-state index in [0.717, 1.165) is 38.5 Å². The molecule has 2 aliphatic heterocycles. The lowest BCUT2D eigenvalue weighted by atomic mass is 9.94. The molecule has 1 aromatic rings. The van der Waals surface area contributed by atoms with Gasteiger partial charge in [-0.3, -0.25) is 0 Å². The van der Waals surface area contributed by atoms with E-state index in [1.54, 1.807) is 0 Å². The number of rotatable bonds is 3. The van der Waals surface area contributed by atoms with Crippen molar-refractivity contribution in [1.29, 1.82) is 0 Å². The van der Waals surface area contributed by atoms with Crippen LogP contribution in [-0.2, 0) is 6.42 Å². The van der Waals surface area contributed by atoms with E-state index in [-0.39, 0.29) is 0 Å². The smallest absolute Gasteiger partial charge is 0.0258 e.